The summed E-state index contributed by atoms with van der Waals surface area (Å²) in [5, 5.41) is 17.3. The lowest BCUT2D eigenvalue weighted by atomic mass is 10.2. The number of rotatable bonds is 5. The molecule has 0 saturated heterocycles. The molecule has 0 atom stereocenters. The fourth-order valence-electron chi connectivity index (χ4n) is 0.982. The lowest BCUT2D eigenvalue weighted by molar-refractivity contribution is -0.0404. The Labute approximate surface area is 88.3 Å². The molecule has 2 nitrogen and oxygen atoms in total. The normalized spacial score (nSPS) is 10.5. The highest BCUT2D eigenvalue weighted by Gasteiger charge is 1.98. The van der Waals surface area contributed by atoms with Crippen molar-refractivity contribution in [1.82, 2.24) is 0 Å². The molecule has 0 aromatic heterocycles. The summed E-state index contributed by atoms with van der Waals surface area (Å²) in [6.07, 6.45) is 0.995. The Balaban J connectivity index is 2.40. The molecule has 0 saturated carbocycles. The molecule has 1 aromatic carbocycles. The average molecular weight is 210 g/mol. The van der Waals surface area contributed by atoms with Gasteiger partial charge in [-0.15, -0.1) is 11.8 Å². The maximum absolute atomic E-state index is 8.64. The Bertz CT molecular complexity index is 280. The fourth-order valence-corrected chi connectivity index (χ4v) is 1.88. The van der Waals surface area contributed by atoms with Crippen molar-refractivity contribution in [1.29, 1.82) is 0 Å². The van der Waals surface area contributed by atoms with E-state index < -0.39 is 6.29 Å². The summed E-state index contributed by atoms with van der Waals surface area (Å²) in [6.45, 7) is 3.67. The van der Waals surface area contributed by atoms with Crippen LogP contribution in [0.1, 0.15) is 12.0 Å². The Morgan fingerprint density at radius 2 is 1.93 bits per heavy atom. The Kier molecular flexibility index (Phi) is 4.73. The van der Waals surface area contributed by atoms with Crippen LogP contribution in [0.2, 0.25) is 0 Å². The molecule has 0 unspecified atom stereocenters. The lowest BCUT2D eigenvalue weighted by Gasteiger charge is -2.03. The number of aliphatic hydroxyl groups is 2. The Morgan fingerprint density at radius 3 is 2.43 bits per heavy atom. The van der Waals surface area contributed by atoms with Gasteiger partial charge in [-0.05, 0) is 17.7 Å². The molecule has 0 heterocycles. The highest BCUT2D eigenvalue weighted by atomic mass is 32.2. The van der Waals surface area contributed by atoms with Crippen molar-refractivity contribution in [3.63, 3.8) is 0 Å². The Hall–Kier alpha value is -0.770. The summed E-state index contributed by atoms with van der Waals surface area (Å²) >= 11 is 1.61. The predicted octanol–water partition coefficient (Wildman–Crippen LogP) is 2.12. The van der Waals surface area contributed by atoms with E-state index in [2.05, 4.69) is 6.58 Å². The van der Waals surface area contributed by atoms with Crippen molar-refractivity contribution in [2.45, 2.75) is 17.6 Å². The number of thioether (sulfide) groups is 1. The second-order valence-corrected chi connectivity index (χ2v) is 4.06. The third kappa shape index (κ3) is 3.96. The van der Waals surface area contributed by atoms with Crippen molar-refractivity contribution < 1.29 is 10.2 Å². The first-order valence-corrected chi connectivity index (χ1v) is 5.42. The predicted molar refractivity (Wildman–Crippen MR) is 60.1 cm³/mol. The first-order valence-electron chi connectivity index (χ1n) is 4.44. The van der Waals surface area contributed by atoms with E-state index in [4.69, 9.17) is 10.2 Å². The SMILES string of the molecule is C=Cc1ccc(SCCC(O)O)cc1. The summed E-state index contributed by atoms with van der Waals surface area (Å²) in [4.78, 5) is 1.14. The van der Waals surface area contributed by atoms with Crippen molar-refractivity contribution >= 4 is 17.8 Å². The molecule has 0 radical (unpaired) electrons. The van der Waals surface area contributed by atoms with Crippen molar-refractivity contribution in [3.8, 4) is 0 Å². The van der Waals surface area contributed by atoms with Crippen molar-refractivity contribution in [3.05, 3.63) is 36.4 Å². The van der Waals surface area contributed by atoms with Gasteiger partial charge in [0.15, 0.2) is 6.29 Å². The number of hydrogen-bond donors (Lipinski definition) is 2. The van der Waals surface area contributed by atoms with Gasteiger partial charge in [0, 0.05) is 17.1 Å². The van der Waals surface area contributed by atoms with E-state index >= 15 is 0 Å². The molecule has 0 aliphatic carbocycles. The highest BCUT2D eigenvalue weighted by Crippen LogP contribution is 2.19. The van der Waals surface area contributed by atoms with Gasteiger partial charge in [0.25, 0.3) is 0 Å². The van der Waals surface area contributed by atoms with E-state index in [0.717, 1.165) is 10.5 Å². The quantitative estimate of drug-likeness (QED) is 0.577. The van der Waals surface area contributed by atoms with Gasteiger partial charge in [-0.2, -0.15) is 0 Å². The van der Waals surface area contributed by atoms with E-state index in [9.17, 15) is 0 Å². The van der Waals surface area contributed by atoms with E-state index in [1.807, 2.05) is 24.3 Å². The summed E-state index contributed by atoms with van der Waals surface area (Å²) < 4.78 is 0. The Morgan fingerprint density at radius 1 is 1.29 bits per heavy atom. The molecular formula is C11H14O2S. The van der Waals surface area contributed by atoms with Crippen LogP contribution in [-0.4, -0.2) is 22.3 Å². The smallest absolute Gasteiger partial charge is 0.152 e. The molecule has 1 rings (SSSR count). The van der Waals surface area contributed by atoms with Crippen LogP contribution in [0.5, 0.6) is 0 Å². The first-order chi connectivity index (χ1) is 6.72. The van der Waals surface area contributed by atoms with E-state index in [1.54, 1.807) is 17.8 Å². The molecule has 0 bridgehead atoms. The molecule has 2 N–H and O–H groups in total. The molecular weight excluding hydrogens is 196 g/mol. The zero-order chi connectivity index (χ0) is 10.4. The lowest BCUT2D eigenvalue weighted by Crippen LogP contribution is -2.04. The molecule has 0 aliphatic heterocycles. The highest BCUT2D eigenvalue weighted by molar-refractivity contribution is 7.99. The van der Waals surface area contributed by atoms with Gasteiger partial charge in [0.1, 0.15) is 0 Å². The van der Waals surface area contributed by atoms with Gasteiger partial charge in [0.2, 0.25) is 0 Å². The van der Waals surface area contributed by atoms with Gasteiger partial charge in [-0.25, -0.2) is 0 Å². The molecule has 0 amide bonds. The zero-order valence-electron chi connectivity index (χ0n) is 7.89. The zero-order valence-corrected chi connectivity index (χ0v) is 8.70. The second kappa shape index (κ2) is 5.86. The maximum atomic E-state index is 8.64. The van der Waals surface area contributed by atoms with Crippen LogP contribution in [0.3, 0.4) is 0 Å². The van der Waals surface area contributed by atoms with Crippen LogP contribution in [0.4, 0.5) is 0 Å². The van der Waals surface area contributed by atoms with Crippen molar-refractivity contribution in [2.75, 3.05) is 5.75 Å². The third-order valence-electron chi connectivity index (χ3n) is 1.76. The molecule has 1 aromatic rings. The van der Waals surface area contributed by atoms with Crippen LogP contribution in [-0.2, 0) is 0 Å². The fraction of sp³-hybridized carbons (Fsp3) is 0.273. The first kappa shape index (κ1) is 11.3. The summed E-state index contributed by atoms with van der Waals surface area (Å²) in [7, 11) is 0. The van der Waals surface area contributed by atoms with Gasteiger partial charge in [-0.3, -0.25) is 0 Å². The van der Waals surface area contributed by atoms with E-state index in [-0.39, 0.29) is 0 Å². The van der Waals surface area contributed by atoms with Crippen LogP contribution < -0.4 is 0 Å². The van der Waals surface area contributed by atoms with Crippen molar-refractivity contribution in [2.24, 2.45) is 0 Å². The summed E-state index contributed by atoms with van der Waals surface area (Å²) in [5.74, 6) is 0.713. The largest absolute Gasteiger partial charge is 0.368 e. The second-order valence-electron chi connectivity index (χ2n) is 2.89. The van der Waals surface area contributed by atoms with Gasteiger partial charge >= 0.3 is 0 Å². The maximum Gasteiger partial charge on any atom is 0.152 e. The number of hydrogen-bond acceptors (Lipinski definition) is 3. The average Bonchev–Trinajstić information content (AvgIpc) is 2.18. The van der Waals surface area contributed by atoms with Gasteiger partial charge in [0.05, 0.1) is 0 Å². The van der Waals surface area contributed by atoms with Crippen LogP contribution in [0.25, 0.3) is 6.08 Å². The number of aliphatic hydroxyl groups excluding tert-OH is 1. The minimum atomic E-state index is -1.20. The molecule has 14 heavy (non-hydrogen) atoms. The molecule has 0 aliphatic rings. The van der Waals surface area contributed by atoms with Crippen LogP contribution in [0.15, 0.2) is 35.7 Å². The molecule has 3 heteroatoms. The molecule has 0 fully saturated rings. The van der Waals surface area contributed by atoms with Crippen LogP contribution >= 0.6 is 11.8 Å². The number of benzene rings is 1. The van der Waals surface area contributed by atoms with Gasteiger partial charge < -0.3 is 10.2 Å². The van der Waals surface area contributed by atoms with Crippen LogP contribution in [0, 0.1) is 0 Å². The van der Waals surface area contributed by atoms with Gasteiger partial charge in [-0.1, -0.05) is 24.8 Å². The van der Waals surface area contributed by atoms with E-state index in [0.29, 0.717) is 12.2 Å². The molecule has 0 spiro atoms. The summed E-state index contributed by atoms with van der Waals surface area (Å²) in [5.41, 5.74) is 1.09. The standard InChI is InChI=1S/C11H14O2S/c1-2-9-3-5-10(6-4-9)14-8-7-11(12)13/h2-6,11-13H,1,7-8H2. The monoisotopic (exact) mass is 210 g/mol. The minimum Gasteiger partial charge on any atom is -0.368 e. The summed E-state index contributed by atoms with van der Waals surface area (Å²) in [6, 6.07) is 7.99. The topological polar surface area (TPSA) is 40.5 Å². The molecule has 76 valence electrons. The third-order valence-corrected chi connectivity index (χ3v) is 2.81. The minimum absolute atomic E-state index is 0.397. The van der Waals surface area contributed by atoms with E-state index in [1.165, 1.54) is 0 Å².